The quantitative estimate of drug-likeness (QED) is 0.767. The molecule has 2 heterocycles. The number of fused-ring (bicyclic) bond motifs is 1. The largest absolute Gasteiger partial charge is 0.494 e. The van der Waals surface area contributed by atoms with E-state index in [0.29, 0.717) is 6.61 Å². The van der Waals surface area contributed by atoms with Gasteiger partial charge >= 0.3 is 0 Å². The van der Waals surface area contributed by atoms with E-state index in [0.717, 1.165) is 30.8 Å². The van der Waals surface area contributed by atoms with Crippen molar-refractivity contribution in [2.45, 2.75) is 38.8 Å². The highest BCUT2D eigenvalue weighted by atomic mass is 32.2. The Hall–Kier alpha value is -1.60. The van der Waals surface area contributed by atoms with Gasteiger partial charge in [0.05, 0.1) is 30.7 Å². The van der Waals surface area contributed by atoms with E-state index in [2.05, 4.69) is 11.8 Å². The van der Waals surface area contributed by atoms with Gasteiger partial charge in [-0.25, -0.2) is 8.42 Å². The molecule has 2 fully saturated rings. The predicted molar refractivity (Wildman–Crippen MR) is 97.8 cm³/mol. The molecule has 1 aromatic rings. The van der Waals surface area contributed by atoms with Crippen molar-refractivity contribution in [1.82, 2.24) is 4.90 Å². The zero-order chi connectivity index (χ0) is 18.0. The lowest BCUT2D eigenvalue weighted by Crippen LogP contribution is -2.62. The van der Waals surface area contributed by atoms with Crippen LogP contribution in [-0.4, -0.2) is 62.5 Å². The third-order valence-corrected chi connectivity index (χ3v) is 6.62. The van der Waals surface area contributed by atoms with Crippen molar-refractivity contribution in [3.8, 4) is 5.75 Å². The number of hydrogen-bond donors (Lipinski definition) is 0. The van der Waals surface area contributed by atoms with Crippen LogP contribution < -0.4 is 9.64 Å². The molecule has 2 saturated heterocycles. The number of carbonyl (C=O) groups excluding carboxylic acids is 1. The molecule has 3 rings (SSSR count). The number of piperazine rings is 1. The van der Waals surface area contributed by atoms with Crippen LogP contribution in [0.25, 0.3) is 0 Å². The molecule has 0 N–H and O–H groups in total. The van der Waals surface area contributed by atoms with E-state index in [1.54, 1.807) is 4.90 Å². The summed E-state index contributed by atoms with van der Waals surface area (Å²) in [4.78, 5) is 16.5. The minimum absolute atomic E-state index is 0.0291. The van der Waals surface area contributed by atoms with Crippen molar-refractivity contribution in [2.24, 2.45) is 0 Å². The first-order valence-electron chi connectivity index (χ1n) is 8.94. The summed E-state index contributed by atoms with van der Waals surface area (Å²) >= 11 is 0. The van der Waals surface area contributed by atoms with E-state index in [1.807, 2.05) is 31.2 Å². The minimum Gasteiger partial charge on any atom is -0.494 e. The van der Waals surface area contributed by atoms with Crippen LogP contribution in [0, 0.1) is 0 Å². The van der Waals surface area contributed by atoms with Crippen molar-refractivity contribution in [1.29, 1.82) is 0 Å². The van der Waals surface area contributed by atoms with E-state index < -0.39 is 9.84 Å². The van der Waals surface area contributed by atoms with Crippen LogP contribution in [0.4, 0.5) is 5.69 Å². The van der Waals surface area contributed by atoms with E-state index in [1.165, 1.54) is 0 Å². The normalized spacial score (nSPS) is 25.8. The number of anilines is 1. The molecule has 138 valence electrons. The molecule has 2 unspecified atom stereocenters. The molecule has 2 aliphatic rings. The maximum Gasteiger partial charge on any atom is 0.241 e. The zero-order valence-corrected chi connectivity index (χ0v) is 15.7. The summed E-state index contributed by atoms with van der Waals surface area (Å²) in [5.41, 5.74) is 0.746. The second-order valence-electron chi connectivity index (χ2n) is 6.73. The van der Waals surface area contributed by atoms with Gasteiger partial charge in [0, 0.05) is 11.7 Å². The molecular formula is C18H26N2O4S. The maximum absolute atomic E-state index is 12.8. The SMILES string of the molecule is CCCCN1CC(=O)N(c2ccc(OCC)cc2)C2CS(=O)(=O)CC21. The number of rotatable bonds is 6. The molecule has 1 amide bonds. The lowest BCUT2D eigenvalue weighted by Gasteiger charge is -2.43. The monoisotopic (exact) mass is 366 g/mol. The summed E-state index contributed by atoms with van der Waals surface area (Å²) in [5, 5.41) is 0. The number of carbonyl (C=O) groups is 1. The fourth-order valence-electron chi connectivity index (χ4n) is 3.77. The first-order chi connectivity index (χ1) is 11.9. The Bertz CT molecular complexity index is 717. The molecule has 0 bridgehead atoms. The van der Waals surface area contributed by atoms with E-state index in [4.69, 9.17) is 4.74 Å². The van der Waals surface area contributed by atoms with Crippen molar-refractivity contribution in [3.05, 3.63) is 24.3 Å². The number of unbranched alkanes of at least 4 members (excludes halogenated alkanes) is 1. The Labute approximate surface area is 149 Å². The smallest absolute Gasteiger partial charge is 0.241 e. The van der Waals surface area contributed by atoms with Crippen LogP contribution in [0.5, 0.6) is 5.75 Å². The van der Waals surface area contributed by atoms with Crippen LogP contribution in [0.3, 0.4) is 0 Å². The first-order valence-corrected chi connectivity index (χ1v) is 10.8. The van der Waals surface area contributed by atoms with Crippen LogP contribution in [-0.2, 0) is 14.6 Å². The van der Waals surface area contributed by atoms with Crippen LogP contribution >= 0.6 is 0 Å². The Morgan fingerprint density at radius 3 is 2.44 bits per heavy atom. The summed E-state index contributed by atoms with van der Waals surface area (Å²) < 4.78 is 30.0. The minimum atomic E-state index is -3.13. The van der Waals surface area contributed by atoms with Gasteiger partial charge < -0.3 is 9.64 Å². The zero-order valence-electron chi connectivity index (χ0n) is 14.8. The topological polar surface area (TPSA) is 66.9 Å². The molecule has 7 heteroatoms. The Kier molecular flexibility index (Phi) is 5.34. The van der Waals surface area contributed by atoms with Crippen LogP contribution in [0.1, 0.15) is 26.7 Å². The summed E-state index contributed by atoms with van der Waals surface area (Å²) in [6, 6.07) is 6.92. The fraction of sp³-hybridized carbons (Fsp3) is 0.611. The van der Waals surface area contributed by atoms with Gasteiger partial charge in [0.25, 0.3) is 0 Å². The number of sulfone groups is 1. The molecule has 0 radical (unpaired) electrons. The molecule has 2 aliphatic heterocycles. The molecule has 0 aromatic heterocycles. The summed E-state index contributed by atoms with van der Waals surface area (Å²) in [7, 11) is -3.13. The molecule has 25 heavy (non-hydrogen) atoms. The van der Waals surface area contributed by atoms with E-state index in [9.17, 15) is 13.2 Å². The van der Waals surface area contributed by atoms with Crippen molar-refractivity contribution in [2.75, 3.05) is 36.1 Å². The second kappa shape index (κ2) is 7.33. The number of hydrogen-bond acceptors (Lipinski definition) is 5. The molecule has 0 aliphatic carbocycles. The van der Waals surface area contributed by atoms with Gasteiger partial charge in [0.15, 0.2) is 9.84 Å². The molecule has 0 spiro atoms. The van der Waals surface area contributed by atoms with Gasteiger partial charge in [0.1, 0.15) is 5.75 Å². The molecule has 6 nitrogen and oxygen atoms in total. The average Bonchev–Trinajstić information content (AvgIpc) is 2.89. The summed E-state index contributed by atoms with van der Waals surface area (Å²) in [6.07, 6.45) is 2.00. The Morgan fingerprint density at radius 2 is 1.80 bits per heavy atom. The Morgan fingerprint density at radius 1 is 1.12 bits per heavy atom. The highest BCUT2D eigenvalue weighted by Crippen LogP contribution is 2.32. The summed E-state index contributed by atoms with van der Waals surface area (Å²) in [5.74, 6) is 0.899. The summed E-state index contributed by atoms with van der Waals surface area (Å²) in [6.45, 7) is 5.65. The highest BCUT2D eigenvalue weighted by molar-refractivity contribution is 7.91. The van der Waals surface area contributed by atoms with Crippen molar-refractivity contribution < 1.29 is 17.9 Å². The Balaban J connectivity index is 1.88. The van der Waals surface area contributed by atoms with Crippen LogP contribution in [0.2, 0.25) is 0 Å². The van der Waals surface area contributed by atoms with Crippen LogP contribution in [0.15, 0.2) is 24.3 Å². The molecular weight excluding hydrogens is 340 g/mol. The number of nitrogens with zero attached hydrogens (tertiary/aromatic N) is 2. The highest BCUT2D eigenvalue weighted by Gasteiger charge is 2.49. The predicted octanol–water partition coefficient (Wildman–Crippen LogP) is 1.70. The average molecular weight is 366 g/mol. The maximum atomic E-state index is 12.8. The molecule has 0 saturated carbocycles. The van der Waals surface area contributed by atoms with E-state index in [-0.39, 0.29) is 36.0 Å². The number of ether oxygens (including phenoxy) is 1. The van der Waals surface area contributed by atoms with Gasteiger partial charge in [-0.2, -0.15) is 0 Å². The van der Waals surface area contributed by atoms with E-state index >= 15 is 0 Å². The second-order valence-corrected chi connectivity index (χ2v) is 8.88. The lowest BCUT2D eigenvalue weighted by molar-refractivity contribution is -0.123. The van der Waals surface area contributed by atoms with Crippen molar-refractivity contribution >= 4 is 21.4 Å². The standard InChI is InChI=1S/C18H26N2O4S/c1-3-5-10-19-11-18(21)20(17-13-25(22,23)12-16(17)19)14-6-8-15(9-7-14)24-4-2/h6-9,16-17H,3-5,10-13H2,1-2H3. The van der Waals surface area contributed by atoms with Gasteiger partial charge in [-0.3, -0.25) is 9.69 Å². The third kappa shape index (κ3) is 3.82. The van der Waals surface area contributed by atoms with Gasteiger partial charge in [-0.1, -0.05) is 13.3 Å². The number of benzene rings is 1. The lowest BCUT2D eigenvalue weighted by atomic mass is 10.0. The van der Waals surface area contributed by atoms with Gasteiger partial charge in [0.2, 0.25) is 5.91 Å². The van der Waals surface area contributed by atoms with Gasteiger partial charge in [-0.05, 0) is 44.2 Å². The van der Waals surface area contributed by atoms with Gasteiger partial charge in [-0.15, -0.1) is 0 Å². The number of amides is 1. The third-order valence-electron chi connectivity index (χ3n) is 4.93. The molecule has 1 aromatic carbocycles. The first kappa shape index (κ1) is 18.2. The molecule has 2 atom stereocenters. The van der Waals surface area contributed by atoms with Crippen molar-refractivity contribution in [3.63, 3.8) is 0 Å². The fourth-order valence-corrected chi connectivity index (χ4v) is 5.75.